The van der Waals surface area contributed by atoms with Gasteiger partial charge >= 0.3 is 0 Å². The van der Waals surface area contributed by atoms with Crippen LogP contribution in [0.2, 0.25) is 0 Å². The van der Waals surface area contributed by atoms with E-state index in [0.29, 0.717) is 6.54 Å². The van der Waals surface area contributed by atoms with E-state index in [9.17, 15) is 5.11 Å². The number of aryl methyl sites for hydroxylation is 1. The van der Waals surface area contributed by atoms with Crippen molar-refractivity contribution in [3.05, 3.63) is 65.7 Å². The van der Waals surface area contributed by atoms with Crippen LogP contribution in [0.4, 0.5) is 0 Å². The average Bonchev–Trinajstić information content (AvgIpc) is 3.29. The summed E-state index contributed by atoms with van der Waals surface area (Å²) in [5.74, 6) is 0.898. The smallest absolute Gasteiger partial charge is 0.133 e. The number of aromatic nitrogens is 2. The van der Waals surface area contributed by atoms with Crippen LogP contribution in [-0.4, -0.2) is 51.9 Å². The van der Waals surface area contributed by atoms with E-state index in [4.69, 9.17) is 4.42 Å². The summed E-state index contributed by atoms with van der Waals surface area (Å²) in [5, 5.41) is 15.0. The number of rotatable bonds is 6. The van der Waals surface area contributed by atoms with Crippen LogP contribution >= 0.6 is 0 Å². The molecule has 6 nitrogen and oxygen atoms in total. The molecule has 0 bridgehead atoms. The third-order valence-corrected chi connectivity index (χ3v) is 5.13. The molecule has 2 aromatic heterocycles. The van der Waals surface area contributed by atoms with E-state index in [-0.39, 0.29) is 0 Å². The molecule has 148 valence electrons. The van der Waals surface area contributed by atoms with E-state index >= 15 is 0 Å². The maximum absolute atomic E-state index is 10.4. The molecule has 0 radical (unpaired) electrons. The molecule has 6 heteroatoms. The first-order chi connectivity index (χ1) is 13.6. The number of aliphatic hydroxyl groups excluding tert-OH is 1. The average molecular weight is 380 g/mol. The minimum absolute atomic E-state index is 0.548. The van der Waals surface area contributed by atoms with Crippen molar-refractivity contribution in [3.8, 4) is 11.3 Å². The lowest BCUT2D eigenvalue weighted by Crippen LogP contribution is -2.23. The van der Waals surface area contributed by atoms with Crippen molar-refractivity contribution in [1.82, 2.24) is 19.6 Å². The molecule has 0 spiro atoms. The third kappa shape index (κ3) is 4.35. The lowest BCUT2D eigenvalue weighted by Gasteiger charge is -2.20. The zero-order chi connectivity index (χ0) is 19.5. The fraction of sp³-hybridized carbons (Fsp3) is 0.409. The van der Waals surface area contributed by atoms with Gasteiger partial charge in [0.25, 0.3) is 0 Å². The van der Waals surface area contributed by atoms with Gasteiger partial charge in [-0.1, -0.05) is 18.2 Å². The lowest BCUT2D eigenvalue weighted by molar-refractivity contribution is 0.133. The number of aliphatic hydroxyl groups is 1. The zero-order valence-corrected chi connectivity index (χ0v) is 16.6. The van der Waals surface area contributed by atoms with E-state index in [1.54, 1.807) is 6.26 Å². The number of benzene rings is 1. The van der Waals surface area contributed by atoms with Crippen LogP contribution in [0.15, 0.2) is 53.1 Å². The van der Waals surface area contributed by atoms with Gasteiger partial charge in [0.15, 0.2) is 0 Å². The molecular weight excluding hydrogens is 352 g/mol. The molecule has 3 heterocycles. The van der Waals surface area contributed by atoms with Crippen LogP contribution in [0.3, 0.4) is 0 Å². The largest absolute Gasteiger partial charge is 0.464 e. The van der Waals surface area contributed by atoms with Crippen LogP contribution in [-0.2, 0) is 19.6 Å². The Kier molecular flexibility index (Phi) is 5.62. The highest BCUT2D eigenvalue weighted by Crippen LogP contribution is 2.23. The predicted octanol–water partition coefficient (Wildman–Crippen LogP) is 3.14. The molecule has 0 fully saturated rings. The summed E-state index contributed by atoms with van der Waals surface area (Å²) in [6.07, 6.45) is 2.21. The molecule has 1 atom stereocenters. The van der Waals surface area contributed by atoms with Crippen molar-refractivity contribution in [2.75, 3.05) is 27.2 Å². The van der Waals surface area contributed by atoms with Crippen molar-refractivity contribution in [2.24, 2.45) is 0 Å². The molecule has 1 aliphatic heterocycles. The first kappa shape index (κ1) is 18.9. The molecule has 28 heavy (non-hydrogen) atoms. The zero-order valence-electron chi connectivity index (χ0n) is 16.6. The Balaban J connectivity index is 1.47. The van der Waals surface area contributed by atoms with Gasteiger partial charge < -0.3 is 14.4 Å². The molecule has 3 aromatic rings. The summed E-state index contributed by atoms with van der Waals surface area (Å²) in [7, 11) is 3.92. The molecule has 0 amide bonds. The highest BCUT2D eigenvalue weighted by Gasteiger charge is 2.20. The molecule has 0 saturated heterocycles. The Labute approximate surface area is 166 Å². The van der Waals surface area contributed by atoms with Gasteiger partial charge in [0.2, 0.25) is 0 Å². The van der Waals surface area contributed by atoms with Crippen LogP contribution in [0.25, 0.3) is 11.3 Å². The predicted molar refractivity (Wildman–Crippen MR) is 109 cm³/mol. The van der Waals surface area contributed by atoms with Crippen LogP contribution in [0.5, 0.6) is 0 Å². The summed E-state index contributed by atoms with van der Waals surface area (Å²) in [6, 6.07) is 14.5. The quantitative estimate of drug-likeness (QED) is 0.712. The van der Waals surface area contributed by atoms with Crippen molar-refractivity contribution < 1.29 is 9.52 Å². The van der Waals surface area contributed by atoms with E-state index in [1.807, 2.05) is 31.1 Å². The van der Waals surface area contributed by atoms with Crippen LogP contribution in [0.1, 0.15) is 29.5 Å². The molecule has 0 unspecified atom stereocenters. The monoisotopic (exact) mass is 380 g/mol. The van der Waals surface area contributed by atoms with Crippen molar-refractivity contribution in [1.29, 1.82) is 0 Å². The van der Waals surface area contributed by atoms with Gasteiger partial charge in [0, 0.05) is 38.3 Å². The van der Waals surface area contributed by atoms with E-state index in [1.165, 1.54) is 11.3 Å². The Morgan fingerprint density at radius 2 is 2.07 bits per heavy atom. The van der Waals surface area contributed by atoms with Crippen LogP contribution < -0.4 is 0 Å². The number of fused-ring (bicyclic) bond motifs is 1. The van der Waals surface area contributed by atoms with Crippen LogP contribution in [0, 0.1) is 0 Å². The number of nitrogens with zero attached hydrogens (tertiary/aromatic N) is 4. The minimum atomic E-state index is -0.548. The van der Waals surface area contributed by atoms with Crippen molar-refractivity contribution >= 4 is 0 Å². The van der Waals surface area contributed by atoms with Gasteiger partial charge in [0.1, 0.15) is 11.9 Å². The third-order valence-electron chi connectivity index (χ3n) is 5.13. The Morgan fingerprint density at radius 1 is 1.18 bits per heavy atom. The number of hydrogen-bond acceptors (Lipinski definition) is 5. The molecule has 1 aliphatic rings. The SMILES string of the molecule is CN(C)C[C@H](O)c1cc2n(n1)CCCN(Cc1cccc(-c3ccco3)c1)C2. The number of furan rings is 1. The molecule has 1 aromatic carbocycles. The van der Waals surface area contributed by atoms with Gasteiger partial charge in [-0.25, -0.2) is 0 Å². The first-order valence-corrected chi connectivity index (χ1v) is 9.83. The van der Waals surface area contributed by atoms with Gasteiger partial charge in [0.05, 0.1) is 17.7 Å². The summed E-state index contributed by atoms with van der Waals surface area (Å²) >= 11 is 0. The van der Waals surface area contributed by atoms with Gasteiger partial charge in [-0.3, -0.25) is 9.58 Å². The Bertz CT molecular complexity index is 901. The van der Waals surface area contributed by atoms with Crippen molar-refractivity contribution in [3.63, 3.8) is 0 Å². The second kappa shape index (κ2) is 8.31. The van der Waals surface area contributed by atoms with E-state index < -0.39 is 6.10 Å². The first-order valence-electron chi connectivity index (χ1n) is 9.83. The van der Waals surface area contributed by atoms with E-state index in [0.717, 1.165) is 49.6 Å². The standard InChI is InChI=1S/C22H28N4O2/c1-24(2)16-21(27)20-13-19-15-25(9-5-10-26(19)23-20)14-17-6-3-7-18(12-17)22-8-4-11-28-22/h3-4,6-8,11-13,21,27H,5,9-10,14-16H2,1-2H3/t21-/m0/s1. The summed E-state index contributed by atoms with van der Waals surface area (Å²) in [6.45, 7) is 4.23. The fourth-order valence-corrected chi connectivity index (χ4v) is 3.81. The lowest BCUT2D eigenvalue weighted by atomic mass is 10.1. The molecular formula is C22H28N4O2. The summed E-state index contributed by atoms with van der Waals surface area (Å²) in [4.78, 5) is 4.43. The Morgan fingerprint density at radius 3 is 2.86 bits per heavy atom. The molecule has 1 N–H and O–H groups in total. The van der Waals surface area contributed by atoms with Gasteiger partial charge in [-0.15, -0.1) is 0 Å². The fourth-order valence-electron chi connectivity index (χ4n) is 3.81. The summed E-state index contributed by atoms with van der Waals surface area (Å²) < 4.78 is 7.59. The molecule has 0 aliphatic carbocycles. The van der Waals surface area contributed by atoms with Crippen molar-refractivity contribution in [2.45, 2.75) is 32.2 Å². The maximum Gasteiger partial charge on any atom is 0.133 e. The second-order valence-corrected chi connectivity index (χ2v) is 7.80. The Hall–Kier alpha value is -2.41. The van der Waals surface area contributed by atoms with Gasteiger partial charge in [-0.05, 0) is 50.3 Å². The highest BCUT2D eigenvalue weighted by molar-refractivity contribution is 5.58. The normalized spacial score (nSPS) is 16.1. The highest BCUT2D eigenvalue weighted by atomic mass is 16.3. The maximum atomic E-state index is 10.4. The summed E-state index contributed by atoms with van der Waals surface area (Å²) in [5.41, 5.74) is 4.32. The molecule has 4 rings (SSSR count). The van der Waals surface area contributed by atoms with E-state index in [2.05, 4.69) is 45.0 Å². The second-order valence-electron chi connectivity index (χ2n) is 7.80. The molecule has 0 saturated carbocycles. The van der Waals surface area contributed by atoms with Gasteiger partial charge in [-0.2, -0.15) is 5.10 Å². The minimum Gasteiger partial charge on any atom is -0.464 e. The number of likely N-dealkylation sites (N-methyl/N-ethyl adjacent to an activating group) is 1. The number of hydrogen-bond donors (Lipinski definition) is 1. The topological polar surface area (TPSA) is 57.7 Å².